The molecule has 0 atom stereocenters. The van der Waals surface area contributed by atoms with Gasteiger partial charge in [0, 0.05) is 0 Å². The monoisotopic (exact) mass is 332 g/mol. The predicted octanol–water partition coefficient (Wildman–Crippen LogP) is 0.330. The third kappa shape index (κ3) is 2.62. The minimum absolute atomic E-state index is 0.829. The molecule has 0 aromatic heterocycles. The van der Waals surface area contributed by atoms with E-state index in [1.165, 1.54) is 6.07 Å². The topological polar surface area (TPSA) is 173 Å². The van der Waals surface area contributed by atoms with Crippen LogP contribution in [0.1, 0.15) is 5.56 Å². The number of hydrogen-bond acceptors (Lipinski definition) is 3. The zero-order valence-corrected chi connectivity index (χ0v) is 11.8. The molecular formula is C7H11O9P3. The first-order valence-corrected chi connectivity index (χ1v) is 9.42. The normalized spacial score (nSPS) is 14.4. The maximum atomic E-state index is 11.5. The van der Waals surface area contributed by atoms with Crippen LogP contribution in [0.25, 0.3) is 0 Å². The van der Waals surface area contributed by atoms with Crippen molar-refractivity contribution < 1.29 is 43.1 Å². The summed E-state index contributed by atoms with van der Waals surface area (Å²) in [7, 11) is -17.7. The van der Waals surface area contributed by atoms with Crippen molar-refractivity contribution in [3.05, 3.63) is 35.9 Å². The van der Waals surface area contributed by atoms with Crippen LogP contribution < -0.4 is 0 Å². The molecule has 1 aromatic rings. The minimum Gasteiger partial charge on any atom is -0.323 e. The fourth-order valence-corrected chi connectivity index (χ4v) is 7.20. The van der Waals surface area contributed by atoms with Gasteiger partial charge in [0.1, 0.15) is 0 Å². The highest BCUT2D eigenvalue weighted by atomic mass is 31.3. The summed E-state index contributed by atoms with van der Waals surface area (Å²) < 4.78 is 30.5. The molecule has 0 aliphatic rings. The summed E-state index contributed by atoms with van der Waals surface area (Å²) >= 11 is 0. The Labute approximate surface area is 107 Å². The molecule has 0 heterocycles. The lowest BCUT2D eigenvalue weighted by Crippen LogP contribution is -2.26. The lowest BCUT2D eigenvalue weighted by molar-refractivity contribution is 0.301. The molecule has 0 saturated carbocycles. The number of rotatable bonds is 4. The molecule has 0 aliphatic heterocycles. The van der Waals surface area contributed by atoms with Crippen LogP contribution in [0.2, 0.25) is 0 Å². The summed E-state index contributed by atoms with van der Waals surface area (Å²) in [4.78, 5) is 55.1. The molecule has 0 fully saturated rings. The lowest BCUT2D eigenvalue weighted by atomic mass is 10.2. The SMILES string of the molecule is O=P(O)(O)C(c1ccccc1)(P(=O)(O)O)P(=O)(O)O. The summed E-state index contributed by atoms with van der Waals surface area (Å²) in [5.74, 6) is 0. The van der Waals surface area contributed by atoms with Crippen LogP contribution in [0.3, 0.4) is 0 Å². The maximum absolute atomic E-state index is 11.5. The van der Waals surface area contributed by atoms with E-state index in [9.17, 15) is 43.1 Å². The van der Waals surface area contributed by atoms with E-state index in [1.54, 1.807) is 0 Å². The van der Waals surface area contributed by atoms with Crippen molar-refractivity contribution in [1.82, 2.24) is 0 Å². The molecule has 0 aliphatic carbocycles. The third-order valence-corrected chi connectivity index (χ3v) is 10.3. The maximum Gasteiger partial charge on any atom is 0.360 e. The second-order valence-corrected chi connectivity index (χ2v) is 9.97. The van der Waals surface area contributed by atoms with Crippen molar-refractivity contribution in [3.8, 4) is 0 Å². The quantitative estimate of drug-likeness (QED) is 0.425. The van der Waals surface area contributed by atoms with Crippen molar-refractivity contribution in [2.24, 2.45) is 0 Å². The largest absolute Gasteiger partial charge is 0.360 e. The van der Waals surface area contributed by atoms with Gasteiger partial charge in [-0.05, 0) is 5.56 Å². The lowest BCUT2D eigenvalue weighted by Gasteiger charge is -2.34. The van der Waals surface area contributed by atoms with Crippen molar-refractivity contribution >= 4 is 22.8 Å². The molecule has 6 N–H and O–H groups in total. The highest BCUT2D eigenvalue weighted by Crippen LogP contribution is 2.87. The van der Waals surface area contributed by atoms with Crippen LogP contribution in [0.5, 0.6) is 0 Å². The van der Waals surface area contributed by atoms with Crippen LogP contribution >= 0.6 is 22.8 Å². The van der Waals surface area contributed by atoms with Crippen LogP contribution in [0, 0.1) is 0 Å². The van der Waals surface area contributed by atoms with E-state index < -0.39 is 33.0 Å². The van der Waals surface area contributed by atoms with Gasteiger partial charge in [0.05, 0.1) is 0 Å². The van der Waals surface area contributed by atoms with Gasteiger partial charge < -0.3 is 29.4 Å². The molecule has 0 unspecified atom stereocenters. The van der Waals surface area contributed by atoms with Gasteiger partial charge in [-0.15, -0.1) is 0 Å². The zero-order valence-electron chi connectivity index (χ0n) is 9.14. The van der Waals surface area contributed by atoms with Crippen molar-refractivity contribution in [2.75, 3.05) is 0 Å². The Kier molecular flexibility index (Phi) is 4.31. The third-order valence-electron chi connectivity index (χ3n) is 2.38. The van der Waals surface area contributed by atoms with E-state index in [-0.39, 0.29) is 0 Å². The summed E-state index contributed by atoms with van der Waals surface area (Å²) in [6, 6.07) is 5.30. The smallest absolute Gasteiger partial charge is 0.323 e. The van der Waals surface area contributed by atoms with E-state index >= 15 is 0 Å². The summed E-state index contributed by atoms with van der Waals surface area (Å²) in [5.41, 5.74) is -0.829. The first-order valence-electron chi connectivity index (χ1n) is 4.58. The summed E-state index contributed by atoms with van der Waals surface area (Å²) in [6.45, 7) is 0. The first kappa shape index (κ1) is 16.7. The van der Waals surface area contributed by atoms with Gasteiger partial charge in [-0.3, -0.25) is 13.7 Å². The Hall–Kier alpha value is -0.330. The van der Waals surface area contributed by atoms with E-state index in [4.69, 9.17) is 0 Å². The van der Waals surface area contributed by atoms with Crippen molar-refractivity contribution in [2.45, 2.75) is 4.64 Å². The highest BCUT2D eigenvalue weighted by molar-refractivity contribution is 7.87. The Morgan fingerprint density at radius 2 is 1.00 bits per heavy atom. The minimum atomic E-state index is -5.90. The van der Waals surface area contributed by atoms with E-state index in [1.807, 2.05) is 0 Å². The molecule has 0 spiro atoms. The van der Waals surface area contributed by atoms with Gasteiger partial charge in [-0.2, -0.15) is 0 Å². The average molecular weight is 332 g/mol. The number of hydrogen-bond donors (Lipinski definition) is 6. The zero-order chi connectivity index (χ0) is 15.1. The molecule has 9 nitrogen and oxygen atoms in total. The van der Waals surface area contributed by atoms with E-state index in [0.717, 1.165) is 24.3 Å². The Bertz CT molecular complexity index is 538. The van der Waals surface area contributed by atoms with Gasteiger partial charge in [0.2, 0.25) is 0 Å². The molecular weight excluding hydrogens is 321 g/mol. The van der Waals surface area contributed by atoms with Crippen molar-refractivity contribution in [3.63, 3.8) is 0 Å². The Morgan fingerprint density at radius 1 is 0.684 bits per heavy atom. The van der Waals surface area contributed by atoms with Gasteiger partial charge in [-0.25, -0.2) is 0 Å². The number of benzene rings is 1. The predicted molar refractivity (Wildman–Crippen MR) is 64.3 cm³/mol. The van der Waals surface area contributed by atoms with E-state index in [0.29, 0.717) is 0 Å². The van der Waals surface area contributed by atoms with Crippen LogP contribution in [0.15, 0.2) is 30.3 Å². The standard InChI is InChI=1S/C7H11O9P3/c8-17(9,10)7(18(11,12)13,19(14,15)16)6-4-2-1-3-5-6/h1-5H,(H2,8,9,10)(H2,11,12,13)(H2,14,15,16). The van der Waals surface area contributed by atoms with Crippen LogP contribution in [-0.4, -0.2) is 29.4 Å². The second-order valence-electron chi connectivity index (χ2n) is 3.63. The van der Waals surface area contributed by atoms with Gasteiger partial charge >= 0.3 is 22.8 Å². The van der Waals surface area contributed by atoms with Gasteiger partial charge in [0.25, 0.3) is 4.64 Å². The molecule has 0 bridgehead atoms. The molecule has 0 radical (unpaired) electrons. The summed E-state index contributed by atoms with van der Waals surface area (Å²) in [5, 5.41) is 0. The molecule has 19 heavy (non-hydrogen) atoms. The second kappa shape index (κ2) is 4.90. The molecule has 1 aromatic carbocycles. The van der Waals surface area contributed by atoms with Crippen LogP contribution in [-0.2, 0) is 18.3 Å². The van der Waals surface area contributed by atoms with Gasteiger partial charge in [-0.1, -0.05) is 30.3 Å². The van der Waals surface area contributed by atoms with E-state index in [2.05, 4.69) is 0 Å². The average Bonchev–Trinajstić information content (AvgIpc) is 2.12. The first-order chi connectivity index (χ1) is 8.36. The Balaban J connectivity index is 3.93. The summed E-state index contributed by atoms with van der Waals surface area (Å²) in [6.07, 6.45) is 0. The van der Waals surface area contributed by atoms with Crippen molar-refractivity contribution in [1.29, 1.82) is 0 Å². The van der Waals surface area contributed by atoms with Gasteiger partial charge in [0.15, 0.2) is 0 Å². The fraction of sp³-hybridized carbons (Fsp3) is 0.143. The molecule has 0 saturated heterocycles. The molecule has 1 rings (SSSR count). The molecule has 0 amide bonds. The fourth-order valence-electron chi connectivity index (χ4n) is 1.68. The highest BCUT2D eigenvalue weighted by Gasteiger charge is 2.72. The van der Waals surface area contributed by atoms with Crippen LogP contribution in [0.4, 0.5) is 0 Å². The molecule has 12 heteroatoms. The Morgan fingerprint density at radius 3 is 1.26 bits per heavy atom. The molecule has 108 valence electrons.